The van der Waals surface area contributed by atoms with Crippen molar-refractivity contribution in [2.75, 3.05) is 19.0 Å². The van der Waals surface area contributed by atoms with Crippen molar-refractivity contribution in [1.82, 2.24) is 5.32 Å². The number of anilines is 1. The molecule has 88 valence electrons. The van der Waals surface area contributed by atoms with Gasteiger partial charge in [0.25, 0.3) is 0 Å². The van der Waals surface area contributed by atoms with Gasteiger partial charge in [-0.1, -0.05) is 12.1 Å². The molecule has 4 heteroatoms. The fourth-order valence-electron chi connectivity index (χ4n) is 1.40. The predicted molar refractivity (Wildman–Crippen MR) is 72.6 cm³/mol. The second-order valence-electron chi connectivity index (χ2n) is 4.17. The van der Waals surface area contributed by atoms with Crippen molar-refractivity contribution in [3.63, 3.8) is 0 Å². The van der Waals surface area contributed by atoms with Crippen LogP contribution in [0, 0.1) is 5.41 Å². The van der Waals surface area contributed by atoms with Crippen molar-refractivity contribution in [2.45, 2.75) is 24.3 Å². The fourth-order valence-corrected chi connectivity index (χ4v) is 1.95. The monoisotopic (exact) mass is 237 g/mol. The van der Waals surface area contributed by atoms with Crippen LogP contribution in [0.25, 0.3) is 0 Å². The summed E-state index contributed by atoms with van der Waals surface area (Å²) in [6.07, 6.45) is 1.99. The van der Waals surface area contributed by atoms with E-state index in [9.17, 15) is 0 Å². The number of likely N-dealkylation sites (N-methyl/N-ethyl adjacent to an activating group) is 1. The molecule has 0 unspecified atom stereocenters. The molecule has 1 aromatic carbocycles. The van der Waals surface area contributed by atoms with Gasteiger partial charge in [0.15, 0.2) is 0 Å². The molecule has 0 saturated heterocycles. The van der Waals surface area contributed by atoms with Gasteiger partial charge in [-0.05, 0) is 33.2 Å². The van der Waals surface area contributed by atoms with Gasteiger partial charge in [-0.3, -0.25) is 0 Å². The van der Waals surface area contributed by atoms with E-state index in [1.165, 1.54) is 0 Å². The molecule has 0 aliphatic carbocycles. The summed E-state index contributed by atoms with van der Waals surface area (Å²) in [7, 11) is 1.85. The van der Waals surface area contributed by atoms with E-state index in [4.69, 9.17) is 11.1 Å². The second-order valence-corrected chi connectivity index (χ2v) is 5.02. The Morgan fingerprint density at radius 3 is 2.56 bits per heavy atom. The van der Waals surface area contributed by atoms with Crippen molar-refractivity contribution in [2.24, 2.45) is 0 Å². The minimum Gasteiger partial charge on any atom is -0.397 e. The molecule has 0 bridgehead atoms. The fraction of sp³-hybridized carbons (Fsp3) is 0.417. The van der Waals surface area contributed by atoms with E-state index < -0.39 is 0 Å². The average molecular weight is 237 g/mol. The van der Waals surface area contributed by atoms with Crippen LogP contribution in [0.3, 0.4) is 0 Å². The van der Waals surface area contributed by atoms with E-state index >= 15 is 0 Å². The summed E-state index contributed by atoms with van der Waals surface area (Å²) in [4.78, 5) is 1.02. The zero-order valence-electron chi connectivity index (χ0n) is 10.2. The second kappa shape index (κ2) is 4.89. The van der Waals surface area contributed by atoms with Gasteiger partial charge in [0.05, 0.1) is 16.9 Å². The number of nitrogen functional groups attached to an aromatic ring is 1. The predicted octanol–water partition coefficient (Wildman–Crippen LogP) is 2.36. The normalized spacial score (nSPS) is 11.5. The van der Waals surface area contributed by atoms with Gasteiger partial charge in [-0.25, -0.2) is 0 Å². The maximum atomic E-state index is 8.19. The molecule has 1 rings (SSSR count). The quantitative estimate of drug-likeness (QED) is 0.428. The molecule has 4 N–H and O–H groups in total. The van der Waals surface area contributed by atoms with Crippen LogP contribution in [0.5, 0.6) is 0 Å². The summed E-state index contributed by atoms with van der Waals surface area (Å²) in [6.45, 7) is 3.95. The van der Waals surface area contributed by atoms with Gasteiger partial charge in [0.2, 0.25) is 0 Å². The number of benzene rings is 1. The highest BCUT2D eigenvalue weighted by atomic mass is 32.2. The van der Waals surface area contributed by atoms with Crippen molar-refractivity contribution in [1.29, 1.82) is 5.41 Å². The van der Waals surface area contributed by atoms with E-state index in [2.05, 4.69) is 5.32 Å². The lowest BCUT2D eigenvalue weighted by molar-refractivity contribution is 0.562. The number of nitrogens with one attached hydrogen (secondary N) is 2. The largest absolute Gasteiger partial charge is 0.397 e. The van der Waals surface area contributed by atoms with E-state index in [0.29, 0.717) is 11.4 Å². The summed E-state index contributed by atoms with van der Waals surface area (Å²) in [5.74, 6) is 0. The number of nitrogens with two attached hydrogens (primary N) is 1. The summed E-state index contributed by atoms with van der Waals surface area (Å²) >= 11 is 1.60. The number of para-hydroxylation sites is 1. The first kappa shape index (κ1) is 13.1. The van der Waals surface area contributed by atoms with Crippen LogP contribution >= 0.6 is 11.8 Å². The molecule has 0 heterocycles. The maximum absolute atomic E-state index is 8.19. The highest BCUT2D eigenvalue weighted by Gasteiger charge is 2.24. The molecular formula is C12H19N3S. The Morgan fingerprint density at radius 1 is 1.44 bits per heavy atom. The molecule has 0 radical (unpaired) electrons. The third-order valence-electron chi connectivity index (χ3n) is 2.81. The number of thioether (sulfide) groups is 1. The molecule has 0 amide bonds. The van der Waals surface area contributed by atoms with Gasteiger partial charge in [0.1, 0.15) is 0 Å². The highest BCUT2D eigenvalue weighted by Crippen LogP contribution is 2.28. The van der Waals surface area contributed by atoms with Gasteiger partial charge < -0.3 is 16.5 Å². The Kier molecular flexibility index (Phi) is 3.99. The molecule has 0 atom stereocenters. The Morgan fingerprint density at radius 2 is 2.06 bits per heavy atom. The molecule has 0 aliphatic rings. The van der Waals surface area contributed by atoms with Crippen LogP contribution in [0.1, 0.15) is 19.4 Å². The van der Waals surface area contributed by atoms with Crippen molar-refractivity contribution in [3.05, 3.63) is 23.8 Å². The van der Waals surface area contributed by atoms with Gasteiger partial charge in [-0.2, -0.15) is 0 Å². The number of rotatable bonds is 4. The smallest absolute Gasteiger partial charge is 0.0602 e. The first-order chi connectivity index (χ1) is 7.44. The molecule has 0 aliphatic heterocycles. The molecular weight excluding hydrogens is 218 g/mol. The Balaban J connectivity index is 3.19. The summed E-state index contributed by atoms with van der Waals surface area (Å²) in [5, 5.41) is 11.3. The summed E-state index contributed by atoms with van der Waals surface area (Å²) < 4.78 is 0. The van der Waals surface area contributed by atoms with Crippen LogP contribution in [0.15, 0.2) is 23.1 Å². The molecule has 0 aromatic heterocycles. The lowest BCUT2D eigenvalue weighted by Gasteiger charge is -2.26. The maximum Gasteiger partial charge on any atom is 0.0602 e. The molecule has 0 fully saturated rings. The Hall–Kier alpha value is -1.00. The van der Waals surface area contributed by atoms with Crippen LogP contribution in [-0.4, -0.2) is 24.6 Å². The standard InChI is InChI=1S/C12H19N3S/c1-12(2,15-3)11(14)8-6-5-7-9(16-4)10(8)13/h5-7,14-15H,13H2,1-4H3. The molecule has 0 saturated carbocycles. The third-order valence-corrected chi connectivity index (χ3v) is 3.60. The van der Waals surface area contributed by atoms with Crippen LogP contribution < -0.4 is 11.1 Å². The summed E-state index contributed by atoms with van der Waals surface area (Å²) in [5.41, 5.74) is 7.71. The van der Waals surface area contributed by atoms with E-state index in [0.717, 1.165) is 10.5 Å². The third kappa shape index (κ3) is 2.39. The van der Waals surface area contributed by atoms with E-state index in [-0.39, 0.29) is 5.54 Å². The van der Waals surface area contributed by atoms with Crippen molar-refractivity contribution >= 4 is 23.2 Å². The minimum absolute atomic E-state index is 0.370. The van der Waals surface area contributed by atoms with E-state index in [1.54, 1.807) is 11.8 Å². The average Bonchev–Trinajstić information content (AvgIpc) is 2.28. The first-order valence-electron chi connectivity index (χ1n) is 5.15. The van der Waals surface area contributed by atoms with Crippen molar-refractivity contribution < 1.29 is 0 Å². The number of hydrogen-bond acceptors (Lipinski definition) is 4. The lowest BCUT2D eigenvalue weighted by atomic mass is 9.91. The van der Waals surface area contributed by atoms with Crippen molar-refractivity contribution in [3.8, 4) is 0 Å². The molecule has 0 spiro atoms. The van der Waals surface area contributed by atoms with E-state index in [1.807, 2.05) is 45.4 Å². The first-order valence-corrected chi connectivity index (χ1v) is 6.37. The van der Waals surface area contributed by atoms with Crippen LogP contribution in [0.2, 0.25) is 0 Å². The van der Waals surface area contributed by atoms with Crippen LogP contribution in [0.4, 0.5) is 5.69 Å². The molecule has 3 nitrogen and oxygen atoms in total. The van der Waals surface area contributed by atoms with Gasteiger partial charge in [-0.15, -0.1) is 11.8 Å². The summed E-state index contributed by atoms with van der Waals surface area (Å²) in [6, 6.07) is 5.82. The lowest BCUT2D eigenvalue weighted by Crippen LogP contribution is -2.44. The zero-order valence-corrected chi connectivity index (χ0v) is 11.0. The topological polar surface area (TPSA) is 61.9 Å². The SMILES string of the molecule is CNC(C)(C)C(=N)c1cccc(SC)c1N. The zero-order chi connectivity index (χ0) is 12.3. The molecule has 1 aromatic rings. The minimum atomic E-state index is -0.370. The van der Waals surface area contributed by atoms with Crippen LogP contribution in [-0.2, 0) is 0 Å². The molecule has 16 heavy (non-hydrogen) atoms. The number of hydrogen-bond donors (Lipinski definition) is 3. The van der Waals surface area contributed by atoms with Gasteiger partial charge in [0, 0.05) is 10.5 Å². The Labute approximate surface area is 101 Å². The van der Waals surface area contributed by atoms with Gasteiger partial charge >= 0.3 is 0 Å². The highest BCUT2D eigenvalue weighted by molar-refractivity contribution is 7.98. The Bertz CT molecular complexity index is 399.